The number of hydrogen-bond acceptors (Lipinski definition) is 3. The lowest BCUT2D eigenvalue weighted by molar-refractivity contribution is 0.210. The van der Waals surface area contributed by atoms with Gasteiger partial charge in [0.25, 0.3) is 0 Å². The number of halogens is 2. The van der Waals surface area contributed by atoms with E-state index in [1.165, 1.54) is 12.1 Å². The van der Waals surface area contributed by atoms with Crippen LogP contribution < -0.4 is 14.8 Å². The standard InChI is InChI=1S/C16H17ClFNO2/c1-19-11-12-5-2-3-7-14(12)20-9-10-21-15-8-4-6-13(17)16(15)18/h2-8,19H,9-11H2,1H3. The van der Waals surface area contributed by atoms with Crippen LogP contribution in [0.1, 0.15) is 5.56 Å². The second-order valence-electron chi connectivity index (χ2n) is 4.39. The summed E-state index contributed by atoms with van der Waals surface area (Å²) in [7, 11) is 1.88. The monoisotopic (exact) mass is 309 g/mol. The van der Waals surface area contributed by atoms with Crippen molar-refractivity contribution in [3.05, 3.63) is 58.9 Å². The molecule has 0 atom stereocenters. The molecular weight excluding hydrogens is 293 g/mol. The van der Waals surface area contributed by atoms with Gasteiger partial charge in [0.15, 0.2) is 11.6 Å². The van der Waals surface area contributed by atoms with E-state index in [9.17, 15) is 4.39 Å². The van der Waals surface area contributed by atoms with Gasteiger partial charge in [0.05, 0.1) is 5.02 Å². The van der Waals surface area contributed by atoms with Crippen LogP contribution in [0.15, 0.2) is 42.5 Å². The van der Waals surface area contributed by atoms with Crippen LogP contribution in [0.3, 0.4) is 0 Å². The summed E-state index contributed by atoms with van der Waals surface area (Å²) in [4.78, 5) is 0. The number of ether oxygens (including phenoxy) is 2. The van der Waals surface area contributed by atoms with Crippen LogP contribution in [0.25, 0.3) is 0 Å². The van der Waals surface area contributed by atoms with Crippen molar-refractivity contribution in [3.8, 4) is 11.5 Å². The first-order valence-corrected chi connectivity index (χ1v) is 7.02. The molecule has 21 heavy (non-hydrogen) atoms. The lowest BCUT2D eigenvalue weighted by Gasteiger charge is -2.12. The maximum atomic E-state index is 13.6. The van der Waals surface area contributed by atoms with Gasteiger partial charge in [0, 0.05) is 12.1 Å². The van der Waals surface area contributed by atoms with Crippen molar-refractivity contribution in [1.29, 1.82) is 0 Å². The van der Waals surface area contributed by atoms with Gasteiger partial charge >= 0.3 is 0 Å². The Balaban J connectivity index is 1.86. The Bertz CT molecular complexity index is 592. The smallest absolute Gasteiger partial charge is 0.183 e. The fourth-order valence-corrected chi connectivity index (χ4v) is 2.05. The summed E-state index contributed by atoms with van der Waals surface area (Å²) >= 11 is 5.68. The molecule has 0 aliphatic rings. The van der Waals surface area contributed by atoms with E-state index in [4.69, 9.17) is 21.1 Å². The summed E-state index contributed by atoms with van der Waals surface area (Å²) in [5.41, 5.74) is 1.06. The zero-order valence-electron chi connectivity index (χ0n) is 11.7. The molecule has 0 amide bonds. The summed E-state index contributed by atoms with van der Waals surface area (Å²) in [6.07, 6.45) is 0. The number of hydrogen-bond donors (Lipinski definition) is 1. The van der Waals surface area contributed by atoms with Crippen molar-refractivity contribution in [2.45, 2.75) is 6.54 Å². The van der Waals surface area contributed by atoms with Gasteiger partial charge in [-0.1, -0.05) is 35.9 Å². The van der Waals surface area contributed by atoms with Gasteiger partial charge in [0.1, 0.15) is 19.0 Å². The summed E-state index contributed by atoms with van der Waals surface area (Å²) in [5, 5.41) is 3.13. The average Bonchev–Trinajstić information content (AvgIpc) is 2.49. The minimum atomic E-state index is -0.547. The Morgan fingerprint density at radius 2 is 1.67 bits per heavy atom. The fourth-order valence-electron chi connectivity index (χ4n) is 1.88. The summed E-state index contributed by atoms with van der Waals surface area (Å²) in [5.74, 6) is 0.381. The Labute approximate surface area is 128 Å². The van der Waals surface area contributed by atoms with Crippen LogP contribution in [0.2, 0.25) is 5.02 Å². The number of nitrogens with one attached hydrogen (secondary N) is 1. The van der Waals surface area contributed by atoms with Gasteiger partial charge in [-0.25, -0.2) is 4.39 Å². The lowest BCUT2D eigenvalue weighted by Crippen LogP contribution is -2.12. The Kier molecular flexibility index (Phi) is 5.84. The second kappa shape index (κ2) is 7.86. The summed E-state index contributed by atoms with van der Waals surface area (Å²) in [6.45, 7) is 1.29. The van der Waals surface area contributed by atoms with Crippen LogP contribution in [0, 0.1) is 5.82 Å². The average molecular weight is 310 g/mol. The van der Waals surface area contributed by atoms with E-state index in [0.717, 1.165) is 17.9 Å². The third kappa shape index (κ3) is 4.34. The third-order valence-corrected chi connectivity index (χ3v) is 3.15. The number of rotatable bonds is 7. The molecule has 0 aliphatic carbocycles. The maximum absolute atomic E-state index is 13.6. The molecule has 0 unspecified atom stereocenters. The molecule has 2 rings (SSSR count). The van der Waals surface area contributed by atoms with E-state index >= 15 is 0 Å². The highest BCUT2D eigenvalue weighted by Gasteiger charge is 2.07. The highest BCUT2D eigenvalue weighted by molar-refractivity contribution is 6.30. The van der Waals surface area contributed by atoms with E-state index in [-0.39, 0.29) is 17.4 Å². The van der Waals surface area contributed by atoms with Crippen molar-refractivity contribution >= 4 is 11.6 Å². The van der Waals surface area contributed by atoms with Crippen LogP contribution in [-0.4, -0.2) is 20.3 Å². The van der Waals surface area contributed by atoms with E-state index in [1.54, 1.807) is 6.07 Å². The first kappa shape index (κ1) is 15.6. The van der Waals surface area contributed by atoms with Gasteiger partial charge in [-0.05, 0) is 25.2 Å². The molecule has 0 aliphatic heterocycles. The van der Waals surface area contributed by atoms with Gasteiger partial charge in [-0.2, -0.15) is 0 Å². The molecule has 3 nitrogen and oxygen atoms in total. The molecule has 0 bridgehead atoms. The van der Waals surface area contributed by atoms with E-state index in [2.05, 4.69) is 5.32 Å². The second-order valence-corrected chi connectivity index (χ2v) is 4.79. The highest BCUT2D eigenvalue weighted by Crippen LogP contribution is 2.24. The molecule has 0 aromatic heterocycles. The normalized spacial score (nSPS) is 10.4. The minimum Gasteiger partial charge on any atom is -0.490 e. The summed E-state index contributed by atoms with van der Waals surface area (Å²) in [6, 6.07) is 12.4. The maximum Gasteiger partial charge on any atom is 0.183 e. The molecule has 1 N–H and O–H groups in total. The van der Waals surface area contributed by atoms with Gasteiger partial charge < -0.3 is 14.8 Å². The van der Waals surface area contributed by atoms with Crippen molar-refractivity contribution in [3.63, 3.8) is 0 Å². The lowest BCUT2D eigenvalue weighted by atomic mass is 10.2. The van der Waals surface area contributed by atoms with Crippen molar-refractivity contribution < 1.29 is 13.9 Å². The molecule has 0 radical (unpaired) electrons. The Morgan fingerprint density at radius 1 is 1.00 bits per heavy atom. The van der Waals surface area contributed by atoms with Gasteiger partial charge in [-0.15, -0.1) is 0 Å². The van der Waals surface area contributed by atoms with Gasteiger partial charge in [-0.3, -0.25) is 0 Å². The predicted octanol–water partition coefficient (Wildman–Crippen LogP) is 3.66. The molecule has 0 heterocycles. The number of para-hydroxylation sites is 1. The SMILES string of the molecule is CNCc1ccccc1OCCOc1cccc(Cl)c1F. The molecule has 0 fully saturated rings. The summed E-state index contributed by atoms with van der Waals surface area (Å²) < 4.78 is 24.6. The quantitative estimate of drug-likeness (QED) is 0.792. The third-order valence-electron chi connectivity index (χ3n) is 2.85. The first-order valence-electron chi connectivity index (χ1n) is 6.64. The van der Waals surface area contributed by atoms with E-state index in [0.29, 0.717) is 6.61 Å². The van der Waals surface area contributed by atoms with Crippen molar-refractivity contribution in [1.82, 2.24) is 5.32 Å². The largest absolute Gasteiger partial charge is 0.490 e. The molecule has 2 aromatic carbocycles. The topological polar surface area (TPSA) is 30.5 Å². The molecular formula is C16H17ClFNO2. The Hall–Kier alpha value is -1.78. The zero-order valence-corrected chi connectivity index (χ0v) is 12.5. The predicted molar refractivity (Wildman–Crippen MR) is 81.6 cm³/mol. The van der Waals surface area contributed by atoms with E-state index in [1.807, 2.05) is 31.3 Å². The Morgan fingerprint density at radius 3 is 2.43 bits per heavy atom. The first-order chi connectivity index (χ1) is 10.2. The molecule has 5 heteroatoms. The van der Waals surface area contributed by atoms with Crippen LogP contribution in [0.5, 0.6) is 11.5 Å². The van der Waals surface area contributed by atoms with Crippen LogP contribution >= 0.6 is 11.6 Å². The van der Waals surface area contributed by atoms with Crippen molar-refractivity contribution in [2.24, 2.45) is 0 Å². The fraction of sp³-hybridized carbons (Fsp3) is 0.250. The van der Waals surface area contributed by atoms with Crippen LogP contribution in [0.4, 0.5) is 4.39 Å². The molecule has 0 spiro atoms. The van der Waals surface area contributed by atoms with Crippen LogP contribution in [-0.2, 0) is 6.54 Å². The highest BCUT2D eigenvalue weighted by atomic mass is 35.5. The minimum absolute atomic E-state index is 0.0489. The zero-order chi connectivity index (χ0) is 15.1. The van der Waals surface area contributed by atoms with Crippen molar-refractivity contribution in [2.75, 3.05) is 20.3 Å². The molecule has 0 saturated heterocycles. The van der Waals surface area contributed by atoms with Gasteiger partial charge in [0.2, 0.25) is 0 Å². The van der Waals surface area contributed by atoms with E-state index < -0.39 is 5.82 Å². The molecule has 0 saturated carbocycles. The molecule has 2 aromatic rings. The molecule has 112 valence electrons. The number of benzene rings is 2.